The second-order valence-electron chi connectivity index (χ2n) is 7.95. The van der Waals surface area contributed by atoms with Crippen molar-refractivity contribution in [3.05, 3.63) is 66.4 Å². The highest BCUT2D eigenvalue weighted by molar-refractivity contribution is 7.19. The zero-order chi connectivity index (χ0) is 23.5. The summed E-state index contributed by atoms with van der Waals surface area (Å²) in [5.74, 6) is 0.904. The third-order valence-electron chi connectivity index (χ3n) is 5.47. The number of carboxylic acid groups (broad SMARTS) is 1. The summed E-state index contributed by atoms with van der Waals surface area (Å²) >= 11 is 1.56. The fraction of sp³-hybridized carbons (Fsp3) is 0.231. The number of nitrogens with zero attached hydrogens (tertiary/aromatic N) is 2. The molecule has 0 spiro atoms. The third kappa shape index (κ3) is 4.64. The molecule has 0 fully saturated rings. The normalized spacial score (nSPS) is 11.1. The first-order valence-electron chi connectivity index (χ1n) is 10.6. The van der Waals surface area contributed by atoms with Crippen molar-refractivity contribution in [3.8, 4) is 43.9 Å². The van der Waals surface area contributed by atoms with E-state index in [4.69, 9.17) is 14.5 Å². The van der Waals surface area contributed by atoms with Crippen LogP contribution in [0.15, 0.2) is 60.8 Å². The molecule has 0 unspecified atom stereocenters. The van der Waals surface area contributed by atoms with Gasteiger partial charge in [0.2, 0.25) is 0 Å². The topological polar surface area (TPSA) is 73.6 Å². The Balaban J connectivity index is 1.91. The molecule has 1 N–H and O–H groups in total. The Hall–Kier alpha value is -3.58. The van der Waals surface area contributed by atoms with Crippen LogP contribution in [-0.2, 0) is 11.3 Å². The molecular weight excluding hydrogens is 436 g/mol. The van der Waals surface area contributed by atoms with Crippen molar-refractivity contribution in [3.63, 3.8) is 0 Å². The number of aliphatic carboxylic acids is 1. The predicted molar refractivity (Wildman–Crippen MR) is 131 cm³/mol. The highest BCUT2D eigenvalue weighted by atomic mass is 32.1. The van der Waals surface area contributed by atoms with Gasteiger partial charge in [-0.1, -0.05) is 13.8 Å². The quantitative estimate of drug-likeness (QED) is 0.339. The second kappa shape index (κ2) is 9.50. The van der Waals surface area contributed by atoms with Crippen LogP contribution in [0.1, 0.15) is 25.3 Å². The highest BCUT2D eigenvalue weighted by Gasteiger charge is 2.22. The lowest BCUT2D eigenvalue weighted by atomic mass is 10.0. The summed E-state index contributed by atoms with van der Waals surface area (Å²) in [6, 6.07) is 17.7. The Morgan fingerprint density at radius 3 is 2.06 bits per heavy atom. The van der Waals surface area contributed by atoms with Crippen LogP contribution in [0.25, 0.3) is 32.4 Å². The average Bonchev–Trinajstić information content (AvgIpc) is 3.43. The van der Waals surface area contributed by atoms with Gasteiger partial charge in [-0.15, -0.1) is 11.3 Å². The fourth-order valence-electron chi connectivity index (χ4n) is 3.78. The molecule has 4 aromatic rings. The van der Waals surface area contributed by atoms with E-state index in [0.717, 1.165) is 49.5 Å². The van der Waals surface area contributed by atoms with E-state index in [0.29, 0.717) is 0 Å². The van der Waals surface area contributed by atoms with Crippen molar-refractivity contribution in [2.24, 2.45) is 0 Å². The first-order chi connectivity index (χ1) is 15.9. The first kappa shape index (κ1) is 22.6. The maximum absolute atomic E-state index is 11.5. The van der Waals surface area contributed by atoms with Crippen molar-refractivity contribution >= 4 is 17.3 Å². The lowest BCUT2D eigenvalue weighted by Gasteiger charge is -2.09. The maximum atomic E-state index is 11.5. The van der Waals surface area contributed by atoms with Gasteiger partial charge in [0.15, 0.2) is 0 Å². The molecular formula is C26H26N2O4S. The number of benzene rings is 2. The average molecular weight is 463 g/mol. The first-order valence-corrected chi connectivity index (χ1v) is 11.4. The molecule has 0 atom stereocenters. The summed E-state index contributed by atoms with van der Waals surface area (Å²) in [5, 5.41) is 10.2. The van der Waals surface area contributed by atoms with Gasteiger partial charge in [0, 0.05) is 11.8 Å². The summed E-state index contributed by atoms with van der Waals surface area (Å²) in [6.07, 6.45) is 1.83. The van der Waals surface area contributed by atoms with E-state index < -0.39 is 5.97 Å². The predicted octanol–water partition coefficient (Wildman–Crippen LogP) is 6.17. The molecule has 0 radical (unpaired) electrons. The van der Waals surface area contributed by atoms with Crippen molar-refractivity contribution in [2.45, 2.75) is 26.3 Å². The molecule has 0 saturated heterocycles. The second-order valence-corrected chi connectivity index (χ2v) is 8.95. The Kier molecular flexibility index (Phi) is 6.51. The van der Waals surface area contributed by atoms with Crippen molar-refractivity contribution < 1.29 is 19.4 Å². The minimum atomic E-state index is -0.885. The monoisotopic (exact) mass is 462 g/mol. The molecule has 2 heterocycles. The molecule has 0 aliphatic rings. The third-order valence-corrected chi connectivity index (χ3v) is 6.58. The molecule has 2 aromatic heterocycles. The van der Waals surface area contributed by atoms with E-state index in [-0.39, 0.29) is 12.5 Å². The summed E-state index contributed by atoms with van der Waals surface area (Å²) in [4.78, 5) is 17.6. The van der Waals surface area contributed by atoms with Gasteiger partial charge in [-0.05, 0) is 71.6 Å². The fourth-order valence-corrected chi connectivity index (χ4v) is 4.96. The number of hydrogen-bond acceptors (Lipinski definition) is 5. The van der Waals surface area contributed by atoms with E-state index in [1.807, 2.05) is 60.8 Å². The van der Waals surface area contributed by atoms with Gasteiger partial charge in [0.25, 0.3) is 0 Å². The van der Waals surface area contributed by atoms with E-state index in [1.54, 1.807) is 30.1 Å². The minimum Gasteiger partial charge on any atom is -0.497 e. The molecule has 0 saturated carbocycles. The van der Waals surface area contributed by atoms with E-state index in [2.05, 4.69) is 13.8 Å². The number of hydrogen-bond donors (Lipinski definition) is 1. The molecule has 0 aliphatic carbocycles. The minimum absolute atomic E-state index is 0.114. The smallest absolute Gasteiger partial charge is 0.323 e. The lowest BCUT2D eigenvalue weighted by molar-refractivity contribution is -0.137. The van der Waals surface area contributed by atoms with Crippen LogP contribution in [0.5, 0.6) is 11.5 Å². The molecule has 6 nitrogen and oxygen atoms in total. The van der Waals surface area contributed by atoms with Gasteiger partial charge in [-0.25, -0.2) is 4.98 Å². The van der Waals surface area contributed by atoms with Crippen LogP contribution in [0, 0.1) is 0 Å². The van der Waals surface area contributed by atoms with Crippen molar-refractivity contribution in [1.82, 2.24) is 9.55 Å². The van der Waals surface area contributed by atoms with Gasteiger partial charge in [0.1, 0.15) is 23.1 Å². The van der Waals surface area contributed by atoms with Gasteiger partial charge in [-0.3, -0.25) is 4.79 Å². The summed E-state index contributed by atoms with van der Waals surface area (Å²) in [7, 11) is 3.29. The van der Waals surface area contributed by atoms with Crippen LogP contribution in [0.3, 0.4) is 0 Å². The standard InChI is InChI=1S/C26H26N2O4S/c1-16(2)21-13-14-28(15-22(29)30)24(21)26-27-23(17-5-9-19(31-3)10-6-17)25(33-26)18-7-11-20(32-4)12-8-18/h5-14,16H,15H2,1-4H3,(H,29,30). The number of carboxylic acids is 1. The van der Waals surface area contributed by atoms with Crippen LogP contribution in [-0.4, -0.2) is 34.8 Å². The number of ether oxygens (including phenoxy) is 2. The van der Waals surface area contributed by atoms with E-state index >= 15 is 0 Å². The number of rotatable bonds is 8. The molecule has 7 heteroatoms. The van der Waals surface area contributed by atoms with Crippen LogP contribution < -0.4 is 9.47 Å². The Morgan fingerprint density at radius 1 is 0.970 bits per heavy atom. The number of thiazole rings is 1. The lowest BCUT2D eigenvalue weighted by Crippen LogP contribution is -2.09. The largest absolute Gasteiger partial charge is 0.497 e. The molecule has 2 aromatic carbocycles. The maximum Gasteiger partial charge on any atom is 0.323 e. The molecule has 33 heavy (non-hydrogen) atoms. The Bertz CT molecular complexity index is 1190. The number of aromatic nitrogens is 2. The zero-order valence-electron chi connectivity index (χ0n) is 19.0. The molecule has 4 rings (SSSR count). The summed E-state index contributed by atoms with van der Waals surface area (Å²) in [6.45, 7) is 4.09. The SMILES string of the molecule is COc1ccc(-c2nc(-c3c(C(C)C)ccn3CC(=O)O)sc2-c2ccc(OC)cc2)cc1. The van der Waals surface area contributed by atoms with Crippen molar-refractivity contribution in [2.75, 3.05) is 14.2 Å². The van der Waals surface area contributed by atoms with Gasteiger partial charge in [0.05, 0.1) is 30.5 Å². The molecule has 170 valence electrons. The summed E-state index contributed by atoms with van der Waals surface area (Å²) in [5.41, 5.74) is 4.76. The Labute approximate surface area is 197 Å². The zero-order valence-corrected chi connectivity index (χ0v) is 19.8. The van der Waals surface area contributed by atoms with Crippen molar-refractivity contribution in [1.29, 1.82) is 0 Å². The number of carbonyl (C=O) groups is 1. The molecule has 0 amide bonds. The molecule has 0 bridgehead atoms. The van der Waals surface area contributed by atoms with Gasteiger partial charge in [-0.2, -0.15) is 0 Å². The van der Waals surface area contributed by atoms with Gasteiger partial charge < -0.3 is 19.1 Å². The van der Waals surface area contributed by atoms with Crippen LogP contribution in [0.4, 0.5) is 0 Å². The van der Waals surface area contributed by atoms with Gasteiger partial charge >= 0.3 is 5.97 Å². The Morgan fingerprint density at radius 2 is 1.55 bits per heavy atom. The van der Waals surface area contributed by atoms with E-state index in [9.17, 15) is 9.90 Å². The van der Waals surface area contributed by atoms with Crippen LogP contribution in [0.2, 0.25) is 0 Å². The van der Waals surface area contributed by atoms with E-state index in [1.165, 1.54) is 0 Å². The molecule has 0 aliphatic heterocycles. The summed E-state index contributed by atoms with van der Waals surface area (Å²) < 4.78 is 12.4. The number of methoxy groups -OCH3 is 2. The van der Waals surface area contributed by atoms with Crippen LogP contribution >= 0.6 is 11.3 Å². The highest BCUT2D eigenvalue weighted by Crippen LogP contribution is 2.43.